The highest BCUT2D eigenvalue weighted by atomic mass is 16.4. The van der Waals surface area contributed by atoms with Crippen molar-refractivity contribution < 1.29 is 19.8 Å². The molecule has 120 valence electrons. The molecule has 2 saturated carbocycles. The number of carbonyl (C=O) groups is 2. The van der Waals surface area contributed by atoms with Gasteiger partial charge in [0.2, 0.25) is 5.91 Å². The van der Waals surface area contributed by atoms with Crippen LogP contribution in [0.1, 0.15) is 64.2 Å². The molecule has 21 heavy (non-hydrogen) atoms. The Bertz CT molecular complexity index is 376. The normalized spacial score (nSPS) is 28.8. The summed E-state index contributed by atoms with van der Waals surface area (Å²) in [5, 5.41) is 22.0. The molecule has 2 fully saturated rings. The number of hydrogen-bond donors (Lipinski definition) is 3. The Hall–Kier alpha value is -1.10. The van der Waals surface area contributed by atoms with Crippen molar-refractivity contribution in [3.63, 3.8) is 0 Å². The molecule has 2 atom stereocenters. The molecule has 2 aliphatic rings. The van der Waals surface area contributed by atoms with E-state index >= 15 is 0 Å². The van der Waals surface area contributed by atoms with Crippen LogP contribution in [0.5, 0.6) is 0 Å². The Balaban J connectivity index is 1.81. The highest BCUT2D eigenvalue weighted by Gasteiger charge is 2.41. The van der Waals surface area contributed by atoms with Crippen LogP contribution in [0, 0.1) is 11.3 Å². The van der Waals surface area contributed by atoms with Crippen LogP contribution in [0.15, 0.2) is 0 Å². The van der Waals surface area contributed by atoms with Gasteiger partial charge in [0.15, 0.2) is 0 Å². The maximum absolute atomic E-state index is 12.1. The van der Waals surface area contributed by atoms with E-state index in [1.54, 1.807) is 0 Å². The second kappa shape index (κ2) is 7.25. The van der Waals surface area contributed by atoms with Crippen LogP contribution < -0.4 is 5.32 Å². The zero-order valence-electron chi connectivity index (χ0n) is 12.6. The second-order valence-electron chi connectivity index (χ2n) is 6.81. The van der Waals surface area contributed by atoms with Gasteiger partial charge in [-0.25, -0.2) is 0 Å². The van der Waals surface area contributed by atoms with Crippen molar-refractivity contribution in [3.8, 4) is 0 Å². The van der Waals surface area contributed by atoms with Crippen LogP contribution in [0.4, 0.5) is 0 Å². The van der Waals surface area contributed by atoms with Gasteiger partial charge in [-0.15, -0.1) is 0 Å². The van der Waals surface area contributed by atoms with Gasteiger partial charge < -0.3 is 15.5 Å². The smallest absolute Gasteiger partial charge is 0.310 e. The predicted molar refractivity (Wildman–Crippen MR) is 78.7 cm³/mol. The topological polar surface area (TPSA) is 86.6 Å². The minimum atomic E-state index is -0.853. The molecular formula is C16H27NO4. The molecule has 0 aliphatic heterocycles. The molecule has 2 unspecified atom stereocenters. The van der Waals surface area contributed by atoms with Gasteiger partial charge >= 0.3 is 5.97 Å². The van der Waals surface area contributed by atoms with Gasteiger partial charge in [0.05, 0.1) is 11.5 Å². The van der Waals surface area contributed by atoms with E-state index in [0.29, 0.717) is 25.3 Å². The lowest BCUT2D eigenvalue weighted by Gasteiger charge is -2.33. The fraction of sp³-hybridized carbons (Fsp3) is 0.875. The molecule has 0 aromatic heterocycles. The van der Waals surface area contributed by atoms with E-state index in [2.05, 4.69) is 5.32 Å². The lowest BCUT2D eigenvalue weighted by Crippen LogP contribution is -2.40. The summed E-state index contributed by atoms with van der Waals surface area (Å²) in [6.07, 6.45) is 7.55. The van der Waals surface area contributed by atoms with Crippen LogP contribution >= 0.6 is 0 Å². The fourth-order valence-electron chi connectivity index (χ4n) is 3.77. The Kier molecular flexibility index (Phi) is 5.62. The summed E-state index contributed by atoms with van der Waals surface area (Å²) in [7, 11) is 0. The van der Waals surface area contributed by atoms with Gasteiger partial charge in [0, 0.05) is 13.0 Å². The number of carboxylic acids is 1. The van der Waals surface area contributed by atoms with E-state index in [0.717, 1.165) is 44.9 Å². The predicted octanol–water partition coefficient (Wildman–Crippen LogP) is 2.08. The summed E-state index contributed by atoms with van der Waals surface area (Å²) in [5.41, 5.74) is -0.853. The van der Waals surface area contributed by atoms with Crippen molar-refractivity contribution in [2.75, 3.05) is 6.54 Å². The summed E-state index contributed by atoms with van der Waals surface area (Å²) in [6, 6.07) is 0. The third kappa shape index (κ3) is 4.43. The first-order chi connectivity index (χ1) is 10.0. The van der Waals surface area contributed by atoms with Crippen molar-refractivity contribution in [2.45, 2.75) is 70.3 Å². The maximum Gasteiger partial charge on any atom is 0.310 e. The molecule has 0 heterocycles. The molecule has 0 aromatic carbocycles. The molecule has 0 radical (unpaired) electrons. The van der Waals surface area contributed by atoms with Crippen LogP contribution in [0.3, 0.4) is 0 Å². The minimum absolute atomic E-state index is 0.0948. The van der Waals surface area contributed by atoms with Gasteiger partial charge in [-0.3, -0.25) is 9.59 Å². The Morgan fingerprint density at radius 1 is 1.10 bits per heavy atom. The molecule has 5 nitrogen and oxygen atoms in total. The molecule has 1 amide bonds. The summed E-state index contributed by atoms with van der Waals surface area (Å²) in [6.45, 7) is 0.561. The molecule has 3 N–H and O–H groups in total. The standard InChI is InChI=1S/C16H27NO4/c18-13-6-4-5-12(9-13)11-17-14(19)10-16(15(20)21)7-2-1-3-8-16/h12-13,18H,1-11H2,(H,17,19)(H,20,21). The summed E-state index contributed by atoms with van der Waals surface area (Å²) >= 11 is 0. The SMILES string of the molecule is O=C(CC1(C(=O)O)CCCCC1)NCC1CCCC(O)C1. The van der Waals surface area contributed by atoms with Gasteiger partial charge in [-0.05, 0) is 38.0 Å². The maximum atomic E-state index is 12.1. The van der Waals surface area contributed by atoms with Crippen LogP contribution in [0.25, 0.3) is 0 Å². The molecule has 5 heteroatoms. The van der Waals surface area contributed by atoms with Gasteiger partial charge in [-0.2, -0.15) is 0 Å². The molecule has 0 spiro atoms. The molecular weight excluding hydrogens is 270 g/mol. The number of nitrogens with one attached hydrogen (secondary N) is 1. The van der Waals surface area contributed by atoms with E-state index in [-0.39, 0.29) is 18.4 Å². The van der Waals surface area contributed by atoms with E-state index in [4.69, 9.17) is 0 Å². The number of aliphatic hydroxyl groups excluding tert-OH is 1. The third-order valence-corrected chi connectivity index (χ3v) is 5.11. The van der Waals surface area contributed by atoms with Crippen molar-refractivity contribution in [1.29, 1.82) is 0 Å². The van der Waals surface area contributed by atoms with E-state index in [1.807, 2.05) is 0 Å². The zero-order valence-corrected chi connectivity index (χ0v) is 12.6. The van der Waals surface area contributed by atoms with E-state index in [1.165, 1.54) is 0 Å². The van der Waals surface area contributed by atoms with E-state index in [9.17, 15) is 19.8 Å². The number of carbonyl (C=O) groups excluding carboxylic acids is 1. The number of carboxylic acid groups (broad SMARTS) is 1. The van der Waals surface area contributed by atoms with Gasteiger partial charge in [-0.1, -0.05) is 25.7 Å². The number of aliphatic carboxylic acids is 1. The number of hydrogen-bond acceptors (Lipinski definition) is 3. The Morgan fingerprint density at radius 2 is 1.81 bits per heavy atom. The minimum Gasteiger partial charge on any atom is -0.481 e. The number of amides is 1. The monoisotopic (exact) mass is 297 g/mol. The number of aliphatic hydroxyl groups is 1. The fourth-order valence-corrected chi connectivity index (χ4v) is 3.77. The summed E-state index contributed by atoms with van der Waals surface area (Å²) < 4.78 is 0. The molecule has 2 rings (SSSR count). The lowest BCUT2D eigenvalue weighted by atomic mass is 9.71. The highest BCUT2D eigenvalue weighted by Crippen LogP contribution is 2.39. The van der Waals surface area contributed by atoms with Crippen molar-refractivity contribution in [1.82, 2.24) is 5.32 Å². The van der Waals surface area contributed by atoms with Crippen LogP contribution in [-0.4, -0.2) is 34.7 Å². The highest BCUT2D eigenvalue weighted by molar-refractivity contribution is 5.85. The molecule has 2 aliphatic carbocycles. The first-order valence-corrected chi connectivity index (χ1v) is 8.20. The molecule has 0 saturated heterocycles. The zero-order chi connectivity index (χ0) is 15.3. The average Bonchev–Trinajstić information content (AvgIpc) is 2.46. The van der Waals surface area contributed by atoms with Crippen molar-refractivity contribution >= 4 is 11.9 Å². The first-order valence-electron chi connectivity index (χ1n) is 8.20. The molecule has 0 bridgehead atoms. The van der Waals surface area contributed by atoms with Gasteiger partial charge in [0.25, 0.3) is 0 Å². The molecule has 0 aromatic rings. The number of rotatable bonds is 5. The van der Waals surface area contributed by atoms with Gasteiger partial charge in [0.1, 0.15) is 0 Å². The second-order valence-corrected chi connectivity index (χ2v) is 6.81. The van der Waals surface area contributed by atoms with Crippen LogP contribution in [-0.2, 0) is 9.59 Å². The lowest BCUT2D eigenvalue weighted by molar-refractivity contribution is -0.154. The van der Waals surface area contributed by atoms with Crippen LogP contribution in [0.2, 0.25) is 0 Å². The van der Waals surface area contributed by atoms with Crippen molar-refractivity contribution in [2.24, 2.45) is 11.3 Å². The first kappa shape index (κ1) is 16.3. The average molecular weight is 297 g/mol. The van der Waals surface area contributed by atoms with E-state index < -0.39 is 11.4 Å². The summed E-state index contributed by atoms with van der Waals surface area (Å²) in [4.78, 5) is 23.7. The quantitative estimate of drug-likeness (QED) is 0.725. The Labute approximate surface area is 126 Å². The summed E-state index contributed by atoms with van der Waals surface area (Å²) in [5.74, 6) is -0.658. The largest absolute Gasteiger partial charge is 0.481 e. The Morgan fingerprint density at radius 3 is 2.43 bits per heavy atom. The van der Waals surface area contributed by atoms with Crippen molar-refractivity contribution in [3.05, 3.63) is 0 Å². The third-order valence-electron chi connectivity index (χ3n) is 5.11.